The Hall–Kier alpha value is -3.31. The molecule has 1 aliphatic carbocycles. The second-order valence-corrected chi connectivity index (χ2v) is 5.90. The summed E-state index contributed by atoms with van der Waals surface area (Å²) in [5.74, 6) is -0.507. The quantitative estimate of drug-likeness (QED) is 0.353. The number of esters is 1. The molecule has 0 heterocycles. The van der Waals surface area contributed by atoms with Gasteiger partial charge < -0.3 is 9.47 Å². The molecule has 7 nitrogen and oxygen atoms in total. The maximum absolute atomic E-state index is 12.5. The zero-order valence-electron chi connectivity index (χ0n) is 14.2. The predicted octanol–water partition coefficient (Wildman–Crippen LogP) is 3.86. The van der Waals surface area contributed by atoms with Gasteiger partial charge >= 0.3 is 5.97 Å². The third-order valence-electron chi connectivity index (χ3n) is 4.29. The van der Waals surface area contributed by atoms with Crippen LogP contribution in [0.25, 0.3) is 10.4 Å². The standard InChI is InChI=1S/C19H17N3O4/c1-25-19(24)15-10-14-13(7-8-16(18(14)23)21-22-20)9-17(15)26-11-12-5-3-2-4-6-12/h2-6,9-10,16H,7-8,11H2,1H3. The fourth-order valence-electron chi connectivity index (χ4n) is 2.96. The first-order valence-corrected chi connectivity index (χ1v) is 8.14. The highest BCUT2D eigenvalue weighted by atomic mass is 16.5. The largest absolute Gasteiger partial charge is 0.488 e. The highest BCUT2D eigenvalue weighted by Crippen LogP contribution is 2.31. The number of azide groups is 1. The Morgan fingerprint density at radius 3 is 2.77 bits per heavy atom. The van der Waals surface area contributed by atoms with E-state index in [1.54, 1.807) is 6.07 Å². The van der Waals surface area contributed by atoms with Crippen molar-refractivity contribution in [3.05, 3.63) is 75.2 Å². The topological polar surface area (TPSA) is 101 Å². The van der Waals surface area contributed by atoms with Gasteiger partial charge in [-0.3, -0.25) is 4.79 Å². The number of methoxy groups -OCH3 is 1. The molecule has 0 amide bonds. The van der Waals surface area contributed by atoms with Crippen LogP contribution in [0.4, 0.5) is 0 Å². The molecule has 3 rings (SSSR count). The highest BCUT2D eigenvalue weighted by Gasteiger charge is 2.29. The Kier molecular flexibility index (Phi) is 5.20. The Balaban J connectivity index is 1.95. The summed E-state index contributed by atoms with van der Waals surface area (Å²) in [6.45, 7) is 0.291. The number of fused-ring (bicyclic) bond motifs is 1. The van der Waals surface area contributed by atoms with Gasteiger partial charge in [0.1, 0.15) is 24.0 Å². The van der Waals surface area contributed by atoms with Gasteiger partial charge in [-0.15, -0.1) is 0 Å². The van der Waals surface area contributed by atoms with E-state index >= 15 is 0 Å². The molecule has 0 spiro atoms. The average Bonchev–Trinajstić information content (AvgIpc) is 2.68. The number of rotatable bonds is 5. The molecule has 1 aliphatic rings. The van der Waals surface area contributed by atoms with Gasteiger partial charge in [0.2, 0.25) is 0 Å². The smallest absolute Gasteiger partial charge is 0.341 e. The lowest BCUT2D eigenvalue weighted by Gasteiger charge is -2.22. The van der Waals surface area contributed by atoms with Crippen molar-refractivity contribution in [1.82, 2.24) is 0 Å². The van der Waals surface area contributed by atoms with Crippen molar-refractivity contribution in [3.63, 3.8) is 0 Å². The Morgan fingerprint density at radius 2 is 2.08 bits per heavy atom. The van der Waals surface area contributed by atoms with Gasteiger partial charge in [0.25, 0.3) is 0 Å². The van der Waals surface area contributed by atoms with Gasteiger partial charge in [0, 0.05) is 10.5 Å². The SMILES string of the molecule is COC(=O)c1cc2c(cc1OCc1ccccc1)CCC(N=[N+]=[N-])C2=O. The van der Waals surface area contributed by atoms with Crippen LogP contribution in [-0.2, 0) is 17.8 Å². The number of Topliss-reactive ketones (excluding diaryl/α,β-unsaturated/α-hetero) is 1. The normalized spacial score (nSPS) is 15.6. The second kappa shape index (κ2) is 7.72. The summed E-state index contributed by atoms with van der Waals surface area (Å²) in [5.41, 5.74) is 10.9. The molecule has 0 aromatic heterocycles. The number of hydrogen-bond acceptors (Lipinski definition) is 5. The molecule has 0 radical (unpaired) electrons. The van der Waals surface area contributed by atoms with E-state index in [0.29, 0.717) is 30.8 Å². The van der Waals surface area contributed by atoms with Crippen molar-refractivity contribution in [2.45, 2.75) is 25.5 Å². The number of nitrogens with zero attached hydrogens (tertiary/aromatic N) is 3. The van der Waals surface area contributed by atoms with Crippen LogP contribution in [0.3, 0.4) is 0 Å². The third-order valence-corrected chi connectivity index (χ3v) is 4.29. The van der Waals surface area contributed by atoms with Crippen LogP contribution >= 0.6 is 0 Å². The van der Waals surface area contributed by atoms with Gasteiger partial charge in [-0.05, 0) is 41.6 Å². The molecular weight excluding hydrogens is 334 g/mol. The molecule has 0 saturated carbocycles. The van der Waals surface area contributed by atoms with Gasteiger partial charge in [-0.25, -0.2) is 4.79 Å². The number of ketones is 1. The van der Waals surface area contributed by atoms with Crippen molar-refractivity contribution < 1.29 is 19.1 Å². The van der Waals surface area contributed by atoms with Gasteiger partial charge in [0.05, 0.1) is 7.11 Å². The minimum absolute atomic E-state index is 0.178. The van der Waals surface area contributed by atoms with Crippen molar-refractivity contribution in [2.24, 2.45) is 5.11 Å². The van der Waals surface area contributed by atoms with Crippen LogP contribution in [0.2, 0.25) is 0 Å². The molecule has 0 N–H and O–H groups in total. The van der Waals surface area contributed by atoms with E-state index in [-0.39, 0.29) is 11.3 Å². The number of aryl methyl sites for hydroxylation is 1. The van der Waals surface area contributed by atoms with Gasteiger partial charge in [-0.2, -0.15) is 0 Å². The molecule has 0 fully saturated rings. The number of ether oxygens (including phenoxy) is 2. The molecule has 26 heavy (non-hydrogen) atoms. The lowest BCUT2D eigenvalue weighted by molar-refractivity contribution is 0.0595. The summed E-state index contributed by atoms with van der Waals surface area (Å²) in [7, 11) is 1.27. The van der Waals surface area contributed by atoms with Crippen LogP contribution in [0.1, 0.15) is 38.3 Å². The summed E-state index contributed by atoms with van der Waals surface area (Å²) in [6, 6.07) is 12.0. The van der Waals surface area contributed by atoms with E-state index in [4.69, 9.17) is 15.0 Å². The van der Waals surface area contributed by atoms with Crippen LogP contribution < -0.4 is 4.74 Å². The van der Waals surface area contributed by atoms with Crippen LogP contribution in [0.5, 0.6) is 5.75 Å². The van der Waals surface area contributed by atoms with Gasteiger partial charge in [-0.1, -0.05) is 35.4 Å². The average molecular weight is 351 g/mol. The first-order valence-electron chi connectivity index (χ1n) is 8.14. The minimum Gasteiger partial charge on any atom is -0.488 e. The van der Waals surface area contributed by atoms with Crippen LogP contribution in [-0.4, -0.2) is 24.9 Å². The minimum atomic E-state index is -0.742. The van der Waals surface area contributed by atoms with Crippen molar-refractivity contribution >= 4 is 11.8 Å². The first kappa shape index (κ1) is 17.5. The van der Waals surface area contributed by atoms with Gasteiger partial charge in [0.15, 0.2) is 5.78 Å². The zero-order chi connectivity index (χ0) is 18.5. The maximum Gasteiger partial charge on any atom is 0.341 e. The highest BCUT2D eigenvalue weighted by molar-refractivity contribution is 6.05. The lowest BCUT2D eigenvalue weighted by atomic mass is 9.86. The first-order chi connectivity index (χ1) is 12.6. The maximum atomic E-state index is 12.5. The Bertz CT molecular complexity index is 889. The third kappa shape index (κ3) is 3.53. The molecule has 2 aromatic carbocycles. The number of carbonyl (C=O) groups is 2. The molecule has 2 aromatic rings. The Labute approximate surface area is 150 Å². The van der Waals surface area contributed by atoms with E-state index in [2.05, 4.69) is 10.0 Å². The summed E-state index contributed by atoms with van der Waals surface area (Å²) in [6.07, 6.45) is 1.000. The summed E-state index contributed by atoms with van der Waals surface area (Å²) in [5, 5.41) is 3.54. The monoisotopic (exact) mass is 351 g/mol. The van der Waals surface area contributed by atoms with Crippen LogP contribution in [0, 0.1) is 0 Å². The van der Waals surface area contributed by atoms with E-state index in [9.17, 15) is 9.59 Å². The summed E-state index contributed by atoms with van der Waals surface area (Å²) >= 11 is 0. The van der Waals surface area contributed by atoms with Crippen molar-refractivity contribution in [3.8, 4) is 5.75 Å². The summed E-state index contributed by atoms with van der Waals surface area (Å²) in [4.78, 5) is 27.4. The molecule has 0 bridgehead atoms. The molecule has 0 saturated heterocycles. The molecule has 1 unspecified atom stereocenters. The second-order valence-electron chi connectivity index (χ2n) is 5.90. The van der Waals surface area contributed by atoms with E-state index < -0.39 is 12.0 Å². The molecule has 7 heteroatoms. The molecule has 132 valence electrons. The number of carbonyl (C=O) groups excluding carboxylic acids is 2. The van der Waals surface area contributed by atoms with Crippen LogP contribution in [0.15, 0.2) is 47.6 Å². The predicted molar refractivity (Wildman–Crippen MR) is 94.1 cm³/mol. The molecule has 1 atom stereocenters. The molecular formula is C19H17N3O4. The Morgan fingerprint density at radius 1 is 1.31 bits per heavy atom. The van der Waals surface area contributed by atoms with E-state index in [0.717, 1.165) is 11.1 Å². The lowest BCUT2D eigenvalue weighted by Crippen LogP contribution is -2.26. The van der Waals surface area contributed by atoms with Crippen molar-refractivity contribution in [1.29, 1.82) is 0 Å². The fourth-order valence-corrected chi connectivity index (χ4v) is 2.96. The number of benzene rings is 2. The fraction of sp³-hybridized carbons (Fsp3) is 0.263. The van der Waals surface area contributed by atoms with E-state index in [1.807, 2.05) is 30.3 Å². The zero-order valence-corrected chi connectivity index (χ0v) is 14.2. The summed E-state index contributed by atoms with van der Waals surface area (Å²) < 4.78 is 10.6. The number of hydrogen-bond donors (Lipinski definition) is 0. The van der Waals surface area contributed by atoms with E-state index in [1.165, 1.54) is 13.2 Å². The van der Waals surface area contributed by atoms with Crippen molar-refractivity contribution in [2.75, 3.05) is 7.11 Å². The molecule has 0 aliphatic heterocycles.